The number of nitrogens with zero attached hydrogens (tertiary/aromatic N) is 4. The molecule has 0 amide bonds. The summed E-state index contributed by atoms with van der Waals surface area (Å²) < 4.78 is 2.05. The van der Waals surface area contributed by atoms with Crippen LogP contribution in [0.1, 0.15) is 31.1 Å². The third kappa shape index (κ3) is 5.68. The van der Waals surface area contributed by atoms with Gasteiger partial charge in [-0.25, -0.2) is 4.98 Å². The van der Waals surface area contributed by atoms with Crippen molar-refractivity contribution in [2.45, 2.75) is 26.4 Å². The van der Waals surface area contributed by atoms with Crippen LogP contribution in [0.25, 0.3) is 4.96 Å². The molecule has 0 radical (unpaired) electrons. The molecule has 2 N–H and O–H groups in total. The summed E-state index contributed by atoms with van der Waals surface area (Å²) in [5, 5.41) is 8.89. The Kier molecular flexibility index (Phi) is 9.20. The molecule has 0 spiro atoms. The second-order valence-corrected chi connectivity index (χ2v) is 7.15. The Morgan fingerprint density at radius 1 is 1.21 bits per heavy atom. The van der Waals surface area contributed by atoms with Crippen molar-refractivity contribution in [1.29, 1.82) is 0 Å². The number of aliphatic imine (C=N–C) groups is 1. The zero-order valence-electron chi connectivity index (χ0n) is 16.6. The molecular formula is C20H29IN6S. The number of rotatable bonds is 8. The molecule has 0 saturated heterocycles. The first-order valence-corrected chi connectivity index (χ1v) is 10.3. The van der Waals surface area contributed by atoms with Gasteiger partial charge in [0.1, 0.15) is 0 Å². The van der Waals surface area contributed by atoms with E-state index in [1.54, 1.807) is 18.4 Å². The fraction of sp³-hybridized carbons (Fsp3) is 0.400. The van der Waals surface area contributed by atoms with Gasteiger partial charge in [-0.2, -0.15) is 0 Å². The minimum atomic E-state index is 0. The fourth-order valence-corrected chi connectivity index (χ4v) is 3.97. The smallest absolute Gasteiger partial charge is 0.193 e. The molecule has 152 valence electrons. The molecule has 0 aliphatic rings. The topological polar surface area (TPSA) is 57.0 Å². The van der Waals surface area contributed by atoms with E-state index in [0.717, 1.165) is 36.2 Å². The lowest BCUT2D eigenvalue weighted by Gasteiger charge is -2.30. The zero-order valence-corrected chi connectivity index (χ0v) is 19.8. The van der Waals surface area contributed by atoms with Crippen LogP contribution in [0.5, 0.6) is 0 Å². The molecule has 1 unspecified atom stereocenters. The number of thiazole rings is 1. The van der Waals surface area contributed by atoms with Crippen LogP contribution in [-0.2, 0) is 6.54 Å². The number of hydrogen-bond donors (Lipinski definition) is 2. The lowest BCUT2D eigenvalue weighted by atomic mass is 10.1. The second-order valence-electron chi connectivity index (χ2n) is 6.28. The molecular weight excluding hydrogens is 483 g/mol. The van der Waals surface area contributed by atoms with Gasteiger partial charge >= 0.3 is 0 Å². The largest absolute Gasteiger partial charge is 0.354 e. The maximum absolute atomic E-state index is 4.60. The molecule has 28 heavy (non-hydrogen) atoms. The Labute approximate surface area is 188 Å². The average molecular weight is 512 g/mol. The van der Waals surface area contributed by atoms with Crippen molar-refractivity contribution in [3.63, 3.8) is 0 Å². The summed E-state index contributed by atoms with van der Waals surface area (Å²) in [6.07, 6.45) is 4.08. The van der Waals surface area contributed by atoms with Gasteiger partial charge in [-0.15, -0.1) is 35.3 Å². The lowest BCUT2D eigenvalue weighted by molar-refractivity contribution is 0.219. The third-order valence-corrected chi connectivity index (χ3v) is 5.47. The van der Waals surface area contributed by atoms with Gasteiger partial charge in [0.05, 0.1) is 18.3 Å². The number of benzene rings is 1. The molecule has 0 aliphatic carbocycles. The van der Waals surface area contributed by atoms with Crippen molar-refractivity contribution in [2.75, 3.05) is 26.7 Å². The molecule has 0 aliphatic heterocycles. The molecule has 8 heteroatoms. The van der Waals surface area contributed by atoms with E-state index in [0.29, 0.717) is 12.6 Å². The normalized spacial score (nSPS) is 12.8. The van der Waals surface area contributed by atoms with Crippen molar-refractivity contribution in [2.24, 2.45) is 4.99 Å². The van der Waals surface area contributed by atoms with Crippen LogP contribution < -0.4 is 10.6 Å². The van der Waals surface area contributed by atoms with Crippen LogP contribution in [0, 0.1) is 0 Å². The molecule has 0 bridgehead atoms. The predicted molar refractivity (Wildman–Crippen MR) is 129 cm³/mol. The quantitative estimate of drug-likeness (QED) is 0.274. The number of hydrogen-bond acceptors (Lipinski definition) is 4. The van der Waals surface area contributed by atoms with E-state index < -0.39 is 0 Å². The summed E-state index contributed by atoms with van der Waals surface area (Å²) in [5.41, 5.74) is 2.33. The van der Waals surface area contributed by atoms with E-state index in [-0.39, 0.29) is 24.0 Å². The highest BCUT2D eigenvalue weighted by molar-refractivity contribution is 14.0. The number of guanidine groups is 1. The summed E-state index contributed by atoms with van der Waals surface area (Å²) in [5.74, 6) is 0.791. The third-order valence-electron chi connectivity index (χ3n) is 4.70. The van der Waals surface area contributed by atoms with Crippen LogP contribution in [0.2, 0.25) is 0 Å². The minimum Gasteiger partial charge on any atom is -0.354 e. The number of likely N-dealkylation sites (N-methyl/N-ethyl adjacent to an activating group) is 1. The first-order chi connectivity index (χ1) is 13.2. The Morgan fingerprint density at radius 3 is 2.61 bits per heavy atom. The van der Waals surface area contributed by atoms with Gasteiger partial charge in [0.25, 0.3) is 0 Å². The maximum atomic E-state index is 4.60. The molecule has 1 aromatic carbocycles. The van der Waals surface area contributed by atoms with Gasteiger partial charge in [0.2, 0.25) is 0 Å². The van der Waals surface area contributed by atoms with Crippen molar-refractivity contribution >= 4 is 46.2 Å². The van der Waals surface area contributed by atoms with Crippen LogP contribution in [0.15, 0.2) is 53.1 Å². The molecule has 0 fully saturated rings. The molecule has 3 aromatic rings. The highest BCUT2D eigenvalue weighted by atomic mass is 127. The van der Waals surface area contributed by atoms with E-state index in [1.807, 2.05) is 16.0 Å². The Hall–Kier alpha value is -1.65. The molecule has 0 saturated carbocycles. The zero-order chi connectivity index (χ0) is 19.1. The fourth-order valence-electron chi connectivity index (χ4n) is 3.25. The van der Waals surface area contributed by atoms with Gasteiger partial charge in [0.15, 0.2) is 10.9 Å². The maximum Gasteiger partial charge on any atom is 0.193 e. The van der Waals surface area contributed by atoms with E-state index in [9.17, 15) is 0 Å². The summed E-state index contributed by atoms with van der Waals surface area (Å²) >= 11 is 1.64. The number of halogens is 1. The Bertz CT molecular complexity index is 827. The van der Waals surface area contributed by atoms with E-state index >= 15 is 0 Å². The van der Waals surface area contributed by atoms with Crippen LogP contribution in [0.3, 0.4) is 0 Å². The molecule has 2 heterocycles. The van der Waals surface area contributed by atoms with Crippen LogP contribution >= 0.6 is 35.3 Å². The van der Waals surface area contributed by atoms with Crippen LogP contribution in [0.4, 0.5) is 0 Å². The van der Waals surface area contributed by atoms with Gasteiger partial charge in [-0.1, -0.05) is 44.2 Å². The minimum absolute atomic E-state index is 0. The van der Waals surface area contributed by atoms with Gasteiger partial charge in [-0.3, -0.25) is 14.3 Å². The molecule has 1 atom stereocenters. The summed E-state index contributed by atoms with van der Waals surface area (Å²) in [4.78, 5) is 12.4. The van der Waals surface area contributed by atoms with E-state index in [1.165, 1.54) is 5.56 Å². The van der Waals surface area contributed by atoms with Crippen molar-refractivity contribution < 1.29 is 0 Å². The Balaban J connectivity index is 0.00000280. The van der Waals surface area contributed by atoms with Crippen LogP contribution in [-0.4, -0.2) is 46.9 Å². The summed E-state index contributed by atoms with van der Waals surface area (Å²) in [6.45, 7) is 7.87. The van der Waals surface area contributed by atoms with E-state index in [4.69, 9.17) is 0 Å². The predicted octanol–water partition coefficient (Wildman–Crippen LogP) is 3.76. The number of aromatic nitrogens is 2. The standard InChI is InChI=1S/C20H28N6S.HI/c1-4-25(5-2)18(16-9-7-6-8-10-16)14-23-19(21-3)22-13-17-15-26-11-12-27-20(26)24-17;/h6-12,15,18H,4-5,13-14H2,1-3H3,(H2,21,22,23);1H. The summed E-state index contributed by atoms with van der Waals surface area (Å²) in [7, 11) is 1.80. The molecule has 2 aromatic heterocycles. The number of imidazole rings is 1. The van der Waals surface area contributed by atoms with Gasteiger partial charge in [0, 0.05) is 31.4 Å². The number of nitrogens with one attached hydrogen (secondary N) is 2. The molecule has 6 nitrogen and oxygen atoms in total. The van der Waals surface area contributed by atoms with Gasteiger partial charge in [-0.05, 0) is 18.7 Å². The van der Waals surface area contributed by atoms with Crippen molar-refractivity contribution in [1.82, 2.24) is 24.9 Å². The molecule has 3 rings (SSSR count). The first kappa shape index (κ1) is 22.6. The monoisotopic (exact) mass is 512 g/mol. The lowest BCUT2D eigenvalue weighted by Crippen LogP contribution is -2.43. The Morgan fingerprint density at radius 2 is 1.96 bits per heavy atom. The van der Waals surface area contributed by atoms with Crippen molar-refractivity contribution in [3.8, 4) is 0 Å². The highest BCUT2D eigenvalue weighted by Gasteiger charge is 2.18. The summed E-state index contributed by atoms with van der Waals surface area (Å²) in [6, 6.07) is 11.0. The average Bonchev–Trinajstić information content (AvgIpc) is 3.30. The van der Waals surface area contributed by atoms with Gasteiger partial charge < -0.3 is 10.6 Å². The second kappa shape index (κ2) is 11.4. The first-order valence-electron chi connectivity index (χ1n) is 9.39. The highest BCUT2D eigenvalue weighted by Crippen LogP contribution is 2.19. The van der Waals surface area contributed by atoms with Crippen molar-refractivity contribution in [3.05, 3.63) is 59.4 Å². The number of fused-ring (bicyclic) bond motifs is 1. The van der Waals surface area contributed by atoms with E-state index in [2.05, 4.69) is 75.9 Å². The SMILES string of the molecule is CCN(CC)C(CNC(=NC)NCc1cn2ccsc2n1)c1ccccc1.I.